The molecule has 0 aromatic heterocycles. The van der Waals surface area contributed by atoms with Gasteiger partial charge in [-0.2, -0.15) is 0 Å². The van der Waals surface area contributed by atoms with Crippen LogP contribution in [0.3, 0.4) is 0 Å². The average molecular weight is 496 g/mol. The molecule has 0 bridgehead atoms. The Morgan fingerprint density at radius 2 is 1.64 bits per heavy atom. The third-order valence-electron chi connectivity index (χ3n) is 6.29. The lowest BCUT2D eigenvalue weighted by molar-refractivity contribution is -0.141. The van der Waals surface area contributed by atoms with Crippen LogP contribution in [0.25, 0.3) is 0 Å². The van der Waals surface area contributed by atoms with Gasteiger partial charge in [-0.1, -0.05) is 68.8 Å². The third-order valence-corrected chi connectivity index (χ3v) is 6.29. The molecule has 3 unspecified atom stereocenters. The van der Waals surface area contributed by atoms with Crippen molar-refractivity contribution in [2.24, 2.45) is 5.92 Å². The summed E-state index contributed by atoms with van der Waals surface area (Å²) in [6.45, 7) is 13.5. The number of likely N-dealkylation sites (N-methyl/N-ethyl adjacent to an activating group) is 1. The fourth-order valence-electron chi connectivity index (χ4n) is 3.83. The van der Waals surface area contributed by atoms with Crippen molar-refractivity contribution in [3.8, 4) is 0 Å². The second kappa shape index (κ2) is 12.6. The molecule has 3 atom stereocenters. The van der Waals surface area contributed by atoms with Crippen LogP contribution in [0.2, 0.25) is 0 Å². The minimum Gasteiger partial charge on any atom is -0.444 e. The van der Waals surface area contributed by atoms with Crippen LogP contribution < -0.4 is 10.6 Å². The van der Waals surface area contributed by atoms with Gasteiger partial charge in [0.25, 0.3) is 0 Å². The Kier molecular flexibility index (Phi) is 10.1. The molecule has 7 nitrogen and oxygen atoms in total. The molecule has 0 radical (unpaired) electrons. The molecule has 2 rings (SSSR count). The van der Waals surface area contributed by atoms with Crippen LogP contribution >= 0.6 is 0 Å². The number of hydrogen-bond donors (Lipinski definition) is 2. The molecule has 0 aliphatic heterocycles. The molecule has 2 aromatic carbocycles. The van der Waals surface area contributed by atoms with E-state index in [1.807, 2.05) is 76.2 Å². The predicted octanol–water partition coefficient (Wildman–Crippen LogP) is 5.06. The van der Waals surface area contributed by atoms with Gasteiger partial charge in [0.1, 0.15) is 17.7 Å². The maximum Gasteiger partial charge on any atom is 0.408 e. The molecular weight excluding hydrogens is 454 g/mol. The number of ether oxygens (including phenoxy) is 1. The van der Waals surface area contributed by atoms with Crippen LogP contribution in [0.1, 0.15) is 69.3 Å². The number of hydrogen-bond acceptors (Lipinski definition) is 4. The van der Waals surface area contributed by atoms with Gasteiger partial charge in [0.15, 0.2) is 0 Å². The molecule has 0 heterocycles. The zero-order valence-corrected chi connectivity index (χ0v) is 22.8. The first-order valence-electron chi connectivity index (χ1n) is 12.5. The van der Waals surface area contributed by atoms with Gasteiger partial charge in [-0.3, -0.25) is 9.59 Å². The highest BCUT2D eigenvalue weighted by molar-refractivity contribution is 5.92. The maximum absolute atomic E-state index is 13.8. The van der Waals surface area contributed by atoms with Gasteiger partial charge in [-0.25, -0.2) is 4.79 Å². The molecule has 0 saturated heterocycles. The van der Waals surface area contributed by atoms with Gasteiger partial charge in [0, 0.05) is 13.6 Å². The Balaban J connectivity index is 2.36. The molecule has 36 heavy (non-hydrogen) atoms. The smallest absolute Gasteiger partial charge is 0.408 e. The summed E-state index contributed by atoms with van der Waals surface area (Å²) in [5.41, 5.74) is 3.10. The number of carbonyl (C=O) groups excluding carboxylic acids is 3. The Labute approximate surface area is 215 Å². The van der Waals surface area contributed by atoms with E-state index in [2.05, 4.69) is 10.6 Å². The average Bonchev–Trinajstić information content (AvgIpc) is 2.82. The van der Waals surface area contributed by atoms with E-state index in [-0.39, 0.29) is 17.7 Å². The lowest BCUT2D eigenvalue weighted by Gasteiger charge is -2.33. The zero-order chi connectivity index (χ0) is 27.0. The summed E-state index contributed by atoms with van der Waals surface area (Å²) in [6.07, 6.45) is -0.0000230. The highest BCUT2D eigenvalue weighted by atomic mass is 16.6. The monoisotopic (exact) mass is 495 g/mol. The van der Waals surface area contributed by atoms with E-state index in [4.69, 9.17) is 4.74 Å². The predicted molar refractivity (Wildman–Crippen MR) is 142 cm³/mol. The molecule has 196 valence electrons. The summed E-state index contributed by atoms with van der Waals surface area (Å²) >= 11 is 0. The summed E-state index contributed by atoms with van der Waals surface area (Å²) < 4.78 is 5.40. The molecule has 0 spiro atoms. The quantitative estimate of drug-likeness (QED) is 0.509. The largest absolute Gasteiger partial charge is 0.444 e. The summed E-state index contributed by atoms with van der Waals surface area (Å²) in [4.78, 5) is 41.3. The summed E-state index contributed by atoms with van der Waals surface area (Å²) in [7, 11) is 1.61. The lowest BCUT2D eigenvalue weighted by Crippen LogP contribution is -2.54. The maximum atomic E-state index is 13.8. The Morgan fingerprint density at radius 1 is 1.00 bits per heavy atom. The van der Waals surface area contributed by atoms with E-state index in [9.17, 15) is 14.4 Å². The van der Waals surface area contributed by atoms with E-state index in [0.29, 0.717) is 18.5 Å². The van der Waals surface area contributed by atoms with Crippen molar-refractivity contribution in [1.82, 2.24) is 15.5 Å². The number of aryl methyl sites for hydroxylation is 2. The van der Waals surface area contributed by atoms with Gasteiger partial charge in [0.2, 0.25) is 11.8 Å². The number of rotatable bonds is 9. The Morgan fingerprint density at radius 3 is 2.19 bits per heavy atom. The molecule has 0 saturated carbocycles. The van der Waals surface area contributed by atoms with E-state index < -0.39 is 23.8 Å². The molecule has 2 N–H and O–H groups in total. The number of alkyl carbamates (subject to hydrolysis) is 1. The van der Waals surface area contributed by atoms with E-state index in [0.717, 1.165) is 16.7 Å². The van der Waals surface area contributed by atoms with Gasteiger partial charge in [0.05, 0.1) is 0 Å². The fourth-order valence-corrected chi connectivity index (χ4v) is 3.83. The molecule has 0 aliphatic carbocycles. The first-order chi connectivity index (χ1) is 16.8. The number of nitrogens with zero attached hydrogens (tertiary/aromatic N) is 1. The van der Waals surface area contributed by atoms with Crippen LogP contribution in [0.15, 0.2) is 48.5 Å². The SMILES string of the molecule is CCC(C)C(NC(=O)OC(C)(C)C)C(=O)N(C)C(C(=O)NCc1ccccc1)c1ccc(C)c(C)c1. The normalized spacial score (nSPS) is 13.8. The van der Waals surface area contributed by atoms with Gasteiger partial charge >= 0.3 is 6.09 Å². The van der Waals surface area contributed by atoms with E-state index >= 15 is 0 Å². The number of amides is 3. The van der Waals surface area contributed by atoms with Crippen LogP contribution in [0, 0.1) is 19.8 Å². The summed E-state index contributed by atoms with van der Waals surface area (Å²) in [5, 5.41) is 5.72. The van der Waals surface area contributed by atoms with Crippen molar-refractivity contribution in [2.75, 3.05) is 7.05 Å². The van der Waals surface area contributed by atoms with Crippen molar-refractivity contribution < 1.29 is 19.1 Å². The molecular formula is C29H41N3O4. The van der Waals surface area contributed by atoms with Crippen LogP contribution in [-0.2, 0) is 20.9 Å². The fraction of sp³-hybridized carbons (Fsp3) is 0.483. The minimum absolute atomic E-state index is 0.166. The molecule has 3 amide bonds. The minimum atomic E-state index is -0.868. The summed E-state index contributed by atoms with van der Waals surface area (Å²) in [6, 6.07) is 13.7. The van der Waals surface area contributed by atoms with Crippen molar-refractivity contribution in [2.45, 2.75) is 79.1 Å². The number of carbonyl (C=O) groups is 3. The molecule has 0 fully saturated rings. The number of benzene rings is 2. The zero-order valence-electron chi connectivity index (χ0n) is 22.8. The standard InChI is InChI=1S/C29H41N3O4/c1-9-19(2)24(31-28(35)36-29(5,6)7)27(34)32(8)25(23-16-15-20(3)21(4)17-23)26(33)30-18-22-13-11-10-12-14-22/h10-17,19,24-25H,9,18H2,1-8H3,(H,30,33)(H,31,35). The van der Waals surface area contributed by atoms with Crippen LogP contribution in [-0.4, -0.2) is 41.5 Å². The van der Waals surface area contributed by atoms with Gasteiger partial charge in [-0.05, 0) is 62.8 Å². The second-order valence-electron chi connectivity index (χ2n) is 10.4. The Bertz CT molecular complexity index is 1050. The summed E-state index contributed by atoms with van der Waals surface area (Å²) in [5.74, 6) is -0.813. The molecule has 2 aromatic rings. The van der Waals surface area contributed by atoms with Crippen LogP contribution in [0.5, 0.6) is 0 Å². The highest BCUT2D eigenvalue weighted by Gasteiger charge is 2.36. The molecule has 0 aliphatic rings. The van der Waals surface area contributed by atoms with Crippen molar-refractivity contribution in [3.63, 3.8) is 0 Å². The van der Waals surface area contributed by atoms with E-state index in [1.165, 1.54) is 4.90 Å². The van der Waals surface area contributed by atoms with E-state index in [1.54, 1.807) is 27.8 Å². The highest BCUT2D eigenvalue weighted by Crippen LogP contribution is 2.25. The Hall–Kier alpha value is -3.35. The van der Waals surface area contributed by atoms with Crippen LogP contribution in [0.4, 0.5) is 4.79 Å². The first-order valence-corrected chi connectivity index (χ1v) is 12.5. The topological polar surface area (TPSA) is 87.7 Å². The van der Waals surface area contributed by atoms with Gasteiger partial charge < -0.3 is 20.3 Å². The second-order valence-corrected chi connectivity index (χ2v) is 10.4. The van der Waals surface area contributed by atoms with Crippen molar-refractivity contribution in [3.05, 3.63) is 70.8 Å². The lowest BCUT2D eigenvalue weighted by atomic mass is 9.95. The van der Waals surface area contributed by atoms with Crippen molar-refractivity contribution in [1.29, 1.82) is 0 Å². The van der Waals surface area contributed by atoms with Crippen molar-refractivity contribution >= 4 is 17.9 Å². The number of nitrogens with one attached hydrogen (secondary N) is 2. The first kappa shape index (κ1) is 28.9. The molecule has 7 heteroatoms. The van der Waals surface area contributed by atoms with Gasteiger partial charge in [-0.15, -0.1) is 0 Å². The third kappa shape index (κ3) is 8.11.